The SMILES string of the molecule is O=C(NCCc1ccccn1)c1cnc2c(c1)c(=O)[nH]c(=O)n2C1CC1. The molecule has 1 aliphatic carbocycles. The van der Waals surface area contributed by atoms with Gasteiger partial charge in [-0.25, -0.2) is 9.78 Å². The summed E-state index contributed by atoms with van der Waals surface area (Å²) in [5, 5.41) is 3.04. The van der Waals surface area contributed by atoms with Crippen molar-refractivity contribution in [3.8, 4) is 0 Å². The summed E-state index contributed by atoms with van der Waals surface area (Å²) < 4.78 is 1.50. The number of nitrogens with zero attached hydrogens (tertiary/aromatic N) is 3. The molecule has 0 radical (unpaired) electrons. The molecule has 1 saturated carbocycles. The summed E-state index contributed by atoms with van der Waals surface area (Å²) in [7, 11) is 0. The molecule has 8 heteroatoms. The largest absolute Gasteiger partial charge is 0.352 e. The number of fused-ring (bicyclic) bond motifs is 1. The Kier molecular flexibility index (Phi) is 4.08. The second-order valence-corrected chi connectivity index (χ2v) is 6.28. The van der Waals surface area contributed by atoms with Gasteiger partial charge in [0.2, 0.25) is 0 Å². The standard InChI is InChI=1S/C18H17N5O3/c24-16(20-8-6-12-3-1-2-7-19-12)11-9-14-15(21-10-11)23(13-4-5-13)18(26)22-17(14)25/h1-3,7,9-10,13H,4-6,8H2,(H,20,24)(H,22,25,26). The second kappa shape index (κ2) is 6.55. The first-order valence-electron chi connectivity index (χ1n) is 8.46. The topological polar surface area (TPSA) is 110 Å². The maximum absolute atomic E-state index is 12.3. The highest BCUT2D eigenvalue weighted by Gasteiger charge is 2.27. The number of rotatable bonds is 5. The van der Waals surface area contributed by atoms with Gasteiger partial charge in [0.15, 0.2) is 0 Å². The highest BCUT2D eigenvalue weighted by molar-refractivity contribution is 5.96. The molecule has 3 aromatic heterocycles. The van der Waals surface area contributed by atoms with E-state index in [1.54, 1.807) is 6.20 Å². The average molecular weight is 351 g/mol. The van der Waals surface area contributed by atoms with Crippen LogP contribution in [0.1, 0.15) is 34.9 Å². The Morgan fingerprint density at radius 3 is 2.85 bits per heavy atom. The lowest BCUT2D eigenvalue weighted by Gasteiger charge is -2.09. The van der Waals surface area contributed by atoms with Crippen LogP contribution in [0.15, 0.2) is 46.2 Å². The van der Waals surface area contributed by atoms with Crippen LogP contribution in [0, 0.1) is 0 Å². The highest BCUT2D eigenvalue weighted by Crippen LogP contribution is 2.34. The van der Waals surface area contributed by atoms with E-state index in [9.17, 15) is 14.4 Å². The molecular weight excluding hydrogens is 334 g/mol. The Bertz CT molecular complexity index is 1080. The number of H-pyrrole nitrogens is 1. The van der Waals surface area contributed by atoms with Gasteiger partial charge < -0.3 is 5.32 Å². The number of amides is 1. The number of carbonyl (C=O) groups excluding carboxylic acids is 1. The zero-order chi connectivity index (χ0) is 18.1. The van der Waals surface area contributed by atoms with Gasteiger partial charge in [-0.05, 0) is 31.0 Å². The summed E-state index contributed by atoms with van der Waals surface area (Å²) in [5.74, 6) is -0.320. The van der Waals surface area contributed by atoms with Crippen LogP contribution in [0.2, 0.25) is 0 Å². The van der Waals surface area contributed by atoms with Crippen molar-refractivity contribution in [1.82, 2.24) is 24.8 Å². The third kappa shape index (κ3) is 3.13. The molecule has 2 N–H and O–H groups in total. The van der Waals surface area contributed by atoms with Crippen LogP contribution in [0.4, 0.5) is 0 Å². The number of aromatic nitrogens is 4. The fraction of sp³-hybridized carbons (Fsp3) is 0.278. The summed E-state index contributed by atoms with van der Waals surface area (Å²) >= 11 is 0. The predicted molar refractivity (Wildman–Crippen MR) is 95.2 cm³/mol. The number of nitrogens with one attached hydrogen (secondary N) is 2. The van der Waals surface area contributed by atoms with Gasteiger partial charge in [-0.3, -0.25) is 24.1 Å². The zero-order valence-electron chi connectivity index (χ0n) is 13.9. The van der Waals surface area contributed by atoms with Crippen molar-refractivity contribution in [3.05, 3.63) is 68.8 Å². The first kappa shape index (κ1) is 16.2. The van der Waals surface area contributed by atoms with Gasteiger partial charge in [0.1, 0.15) is 5.65 Å². The van der Waals surface area contributed by atoms with Crippen LogP contribution < -0.4 is 16.6 Å². The number of hydrogen-bond acceptors (Lipinski definition) is 5. The van der Waals surface area contributed by atoms with Gasteiger partial charge in [0, 0.05) is 37.1 Å². The molecule has 0 atom stereocenters. The molecule has 26 heavy (non-hydrogen) atoms. The van der Waals surface area contributed by atoms with Gasteiger partial charge in [0.25, 0.3) is 11.5 Å². The smallest absolute Gasteiger partial charge is 0.330 e. The molecule has 132 valence electrons. The van der Waals surface area contributed by atoms with Crippen molar-refractivity contribution < 1.29 is 4.79 Å². The third-order valence-electron chi connectivity index (χ3n) is 4.35. The second-order valence-electron chi connectivity index (χ2n) is 6.28. The van der Waals surface area contributed by atoms with Crippen LogP contribution in [0.5, 0.6) is 0 Å². The molecule has 1 fully saturated rings. The molecule has 4 rings (SSSR count). The lowest BCUT2D eigenvalue weighted by molar-refractivity contribution is 0.0954. The van der Waals surface area contributed by atoms with Gasteiger partial charge in [-0.15, -0.1) is 0 Å². The summed E-state index contributed by atoms with van der Waals surface area (Å²) in [5.41, 5.74) is 0.508. The molecule has 0 aliphatic heterocycles. The van der Waals surface area contributed by atoms with E-state index in [2.05, 4.69) is 20.3 Å². The lowest BCUT2D eigenvalue weighted by atomic mass is 10.2. The van der Waals surface area contributed by atoms with E-state index in [0.717, 1.165) is 18.5 Å². The highest BCUT2D eigenvalue weighted by atomic mass is 16.2. The molecule has 0 unspecified atom stereocenters. The van der Waals surface area contributed by atoms with Crippen LogP contribution in [-0.2, 0) is 6.42 Å². The van der Waals surface area contributed by atoms with Crippen molar-refractivity contribution in [2.75, 3.05) is 6.54 Å². The number of hydrogen-bond donors (Lipinski definition) is 2. The minimum absolute atomic E-state index is 0.0763. The van der Waals surface area contributed by atoms with E-state index < -0.39 is 11.2 Å². The van der Waals surface area contributed by atoms with Gasteiger partial charge in [0.05, 0.1) is 10.9 Å². The number of pyridine rings is 2. The monoisotopic (exact) mass is 351 g/mol. The van der Waals surface area contributed by atoms with Crippen LogP contribution in [0.25, 0.3) is 11.0 Å². The number of aromatic amines is 1. The van der Waals surface area contributed by atoms with Crippen molar-refractivity contribution in [2.24, 2.45) is 0 Å². The first-order valence-corrected chi connectivity index (χ1v) is 8.46. The van der Waals surface area contributed by atoms with E-state index in [1.807, 2.05) is 18.2 Å². The van der Waals surface area contributed by atoms with Crippen molar-refractivity contribution in [2.45, 2.75) is 25.3 Å². The maximum Gasteiger partial charge on any atom is 0.330 e. The maximum atomic E-state index is 12.3. The van der Waals surface area contributed by atoms with Gasteiger partial charge in [-0.1, -0.05) is 6.07 Å². The zero-order valence-corrected chi connectivity index (χ0v) is 13.9. The molecule has 3 heterocycles. The van der Waals surface area contributed by atoms with Crippen LogP contribution in [0.3, 0.4) is 0 Å². The summed E-state index contributed by atoms with van der Waals surface area (Å²) in [6.45, 7) is 0.422. The molecule has 0 aromatic carbocycles. The van der Waals surface area contributed by atoms with Crippen LogP contribution >= 0.6 is 0 Å². The van der Waals surface area contributed by atoms with Crippen LogP contribution in [-0.4, -0.2) is 32.0 Å². The Labute approximate surface area is 147 Å². The van der Waals surface area contributed by atoms with Crippen molar-refractivity contribution >= 4 is 16.9 Å². The molecule has 8 nitrogen and oxygen atoms in total. The number of carbonyl (C=O) groups is 1. The van der Waals surface area contributed by atoms with E-state index >= 15 is 0 Å². The minimum atomic E-state index is -0.530. The van der Waals surface area contributed by atoms with Crippen molar-refractivity contribution in [1.29, 1.82) is 0 Å². The molecule has 1 aliphatic rings. The van der Waals surface area contributed by atoms with E-state index in [1.165, 1.54) is 16.8 Å². The molecule has 0 bridgehead atoms. The van der Waals surface area contributed by atoms with E-state index in [-0.39, 0.29) is 22.9 Å². The normalized spacial score (nSPS) is 13.7. The minimum Gasteiger partial charge on any atom is -0.352 e. The molecule has 1 amide bonds. The molecule has 0 spiro atoms. The van der Waals surface area contributed by atoms with E-state index in [0.29, 0.717) is 18.6 Å². The summed E-state index contributed by atoms with van der Waals surface area (Å²) in [6.07, 6.45) is 5.48. The quantitative estimate of drug-likeness (QED) is 0.706. The first-order chi connectivity index (χ1) is 12.6. The van der Waals surface area contributed by atoms with Gasteiger partial charge >= 0.3 is 5.69 Å². The Morgan fingerprint density at radius 1 is 1.27 bits per heavy atom. The Balaban J connectivity index is 1.56. The fourth-order valence-corrected chi connectivity index (χ4v) is 2.89. The fourth-order valence-electron chi connectivity index (χ4n) is 2.89. The Hall–Kier alpha value is -3.29. The van der Waals surface area contributed by atoms with Crippen molar-refractivity contribution in [3.63, 3.8) is 0 Å². The summed E-state index contributed by atoms with van der Waals surface area (Å²) in [4.78, 5) is 47.2. The molecule has 3 aromatic rings. The average Bonchev–Trinajstić information content (AvgIpc) is 3.47. The molecule has 0 saturated heterocycles. The molecular formula is C18H17N5O3. The van der Waals surface area contributed by atoms with Gasteiger partial charge in [-0.2, -0.15) is 0 Å². The summed E-state index contributed by atoms with van der Waals surface area (Å²) in [6, 6.07) is 7.17. The third-order valence-corrected chi connectivity index (χ3v) is 4.35. The Morgan fingerprint density at radius 2 is 2.12 bits per heavy atom. The lowest BCUT2D eigenvalue weighted by Crippen LogP contribution is -2.31. The van der Waals surface area contributed by atoms with E-state index in [4.69, 9.17) is 0 Å². The predicted octanol–water partition coefficient (Wildman–Crippen LogP) is 0.787.